The van der Waals surface area contributed by atoms with E-state index in [1.54, 1.807) is 25.4 Å². The molecular weight excluding hydrogens is 338 g/mol. The van der Waals surface area contributed by atoms with E-state index in [-0.39, 0.29) is 11.8 Å². The number of hydrogen-bond acceptors (Lipinski definition) is 6. The Morgan fingerprint density at radius 2 is 1.96 bits per heavy atom. The monoisotopic (exact) mass is 359 g/mol. The first-order chi connectivity index (χ1) is 12.0. The quantitative estimate of drug-likeness (QED) is 0.643. The van der Waals surface area contributed by atoms with Crippen molar-refractivity contribution in [2.75, 3.05) is 19.5 Å². The van der Waals surface area contributed by atoms with Gasteiger partial charge in [-0.15, -0.1) is 11.3 Å². The molecule has 0 aliphatic heterocycles. The number of carbonyl (C=O) groups excluding carboxylic acids is 2. The van der Waals surface area contributed by atoms with Crippen molar-refractivity contribution >= 4 is 39.2 Å². The van der Waals surface area contributed by atoms with Crippen molar-refractivity contribution in [3.8, 4) is 0 Å². The van der Waals surface area contributed by atoms with Crippen LogP contribution in [0.4, 0.5) is 5.82 Å². The van der Waals surface area contributed by atoms with Gasteiger partial charge in [0.05, 0.1) is 5.39 Å². The van der Waals surface area contributed by atoms with Crippen molar-refractivity contribution in [3.05, 3.63) is 16.8 Å². The topological polar surface area (TPSA) is 87.2 Å². The van der Waals surface area contributed by atoms with E-state index in [9.17, 15) is 9.59 Å². The van der Waals surface area contributed by atoms with Crippen LogP contribution < -0.4 is 10.9 Å². The summed E-state index contributed by atoms with van der Waals surface area (Å²) in [6.45, 7) is 0. The van der Waals surface area contributed by atoms with Crippen molar-refractivity contribution in [1.82, 2.24) is 20.3 Å². The molecule has 132 valence electrons. The first kappa shape index (κ1) is 16.3. The normalized spacial score (nSPS) is 17.7. The van der Waals surface area contributed by atoms with E-state index in [4.69, 9.17) is 0 Å². The number of hydrazine groups is 1. The van der Waals surface area contributed by atoms with E-state index in [0.29, 0.717) is 18.7 Å². The second-order valence-electron chi connectivity index (χ2n) is 6.97. The Morgan fingerprint density at radius 3 is 2.68 bits per heavy atom. The fourth-order valence-corrected chi connectivity index (χ4v) is 4.74. The third-order valence-corrected chi connectivity index (χ3v) is 6.25. The van der Waals surface area contributed by atoms with Crippen LogP contribution in [0, 0.1) is 5.41 Å². The first-order valence-electron chi connectivity index (χ1n) is 8.56. The van der Waals surface area contributed by atoms with Crippen LogP contribution in [-0.2, 0) is 22.4 Å². The SMILES string of the molecule is CN(C)C(=O)C1(C(=O)NNc2ncnc3sc4c(c23)CCCC4)CC1. The van der Waals surface area contributed by atoms with E-state index in [1.807, 2.05) is 0 Å². The highest BCUT2D eigenvalue weighted by molar-refractivity contribution is 7.19. The largest absolute Gasteiger partial charge is 0.348 e. The molecule has 0 spiro atoms. The summed E-state index contributed by atoms with van der Waals surface area (Å²) in [7, 11) is 3.35. The van der Waals surface area contributed by atoms with E-state index in [2.05, 4.69) is 20.8 Å². The van der Waals surface area contributed by atoms with Gasteiger partial charge in [0.1, 0.15) is 16.6 Å². The molecule has 2 aliphatic carbocycles. The van der Waals surface area contributed by atoms with Crippen LogP contribution in [0.5, 0.6) is 0 Å². The Bertz CT molecular complexity index is 856. The van der Waals surface area contributed by atoms with Gasteiger partial charge in [-0.2, -0.15) is 0 Å². The number of aromatic nitrogens is 2. The predicted molar refractivity (Wildman–Crippen MR) is 96.2 cm³/mol. The van der Waals surface area contributed by atoms with E-state index in [0.717, 1.165) is 23.1 Å². The van der Waals surface area contributed by atoms with Crippen LogP contribution in [0.3, 0.4) is 0 Å². The standard InChI is InChI=1S/C17H21N5O2S/c1-22(2)16(24)17(7-8-17)15(23)21-20-13-12-10-5-3-4-6-11(10)25-14(12)19-9-18-13/h9H,3-8H2,1-2H3,(H,21,23)(H,18,19,20). The lowest BCUT2D eigenvalue weighted by Crippen LogP contribution is -2.44. The molecule has 1 fully saturated rings. The maximum absolute atomic E-state index is 12.5. The molecule has 2 N–H and O–H groups in total. The Balaban J connectivity index is 1.57. The molecule has 25 heavy (non-hydrogen) atoms. The van der Waals surface area contributed by atoms with Gasteiger partial charge in [-0.1, -0.05) is 0 Å². The molecule has 0 bridgehead atoms. The van der Waals surface area contributed by atoms with Gasteiger partial charge >= 0.3 is 0 Å². The van der Waals surface area contributed by atoms with Gasteiger partial charge in [-0.05, 0) is 44.1 Å². The zero-order chi connectivity index (χ0) is 17.6. The van der Waals surface area contributed by atoms with Gasteiger partial charge in [-0.25, -0.2) is 9.97 Å². The molecule has 7 nitrogen and oxygen atoms in total. The molecule has 8 heteroatoms. The van der Waals surface area contributed by atoms with Crippen LogP contribution in [-0.4, -0.2) is 40.8 Å². The average molecular weight is 359 g/mol. The number of rotatable bonds is 4. The molecule has 2 amide bonds. The predicted octanol–water partition coefficient (Wildman–Crippen LogP) is 1.88. The lowest BCUT2D eigenvalue weighted by atomic mass is 9.97. The second-order valence-corrected chi connectivity index (χ2v) is 8.06. The van der Waals surface area contributed by atoms with Crippen LogP contribution in [0.2, 0.25) is 0 Å². The fourth-order valence-electron chi connectivity index (χ4n) is 3.51. The minimum atomic E-state index is -0.920. The summed E-state index contributed by atoms with van der Waals surface area (Å²) in [5.74, 6) is 0.181. The highest BCUT2D eigenvalue weighted by Gasteiger charge is 2.57. The molecule has 0 radical (unpaired) electrons. The highest BCUT2D eigenvalue weighted by Crippen LogP contribution is 2.47. The van der Waals surface area contributed by atoms with Gasteiger partial charge < -0.3 is 4.90 Å². The number of anilines is 1. The molecule has 2 aliphatic rings. The second kappa shape index (κ2) is 5.94. The molecule has 0 unspecified atom stereocenters. The maximum atomic E-state index is 12.5. The third kappa shape index (κ3) is 2.64. The Labute approximate surface area is 149 Å². The van der Waals surface area contributed by atoms with E-state index in [1.165, 1.54) is 34.5 Å². The lowest BCUT2D eigenvalue weighted by Gasteiger charge is -2.19. The summed E-state index contributed by atoms with van der Waals surface area (Å²) in [5, 5.41) is 1.01. The molecule has 4 rings (SSSR count). The lowest BCUT2D eigenvalue weighted by molar-refractivity contribution is -0.142. The number of hydrogen-bond donors (Lipinski definition) is 2. The number of amides is 2. The summed E-state index contributed by atoms with van der Waals surface area (Å²) < 4.78 is 0. The van der Waals surface area contributed by atoms with Gasteiger partial charge in [0.25, 0.3) is 5.91 Å². The minimum absolute atomic E-state index is 0.146. The minimum Gasteiger partial charge on any atom is -0.348 e. The Hall–Kier alpha value is -2.22. The molecule has 2 aromatic heterocycles. The zero-order valence-corrected chi connectivity index (χ0v) is 15.2. The number of nitrogens with one attached hydrogen (secondary N) is 2. The average Bonchev–Trinajstić information content (AvgIpc) is 3.33. The Morgan fingerprint density at radius 1 is 1.20 bits per heavy atom. The summed E-state index contributed by atoms with van der Waals surface area (Å²) in [5.41, 5.74) is 6.03. The molecule has 2 heterocycles. The first-order valence-corrected chi connectivity index (χ1v) is 9.38. The molecule has 1 saturated carbocycles. The molecule has 2 aromatic rings. The van der Waals surface area contributed by atoms with Crippen molar-refractivity contribution < 1.29 is 9.59 Å². The van der Waals surface area contributed by atoms with Crippen LogP contribution >= 0.6 is 11.3 Å². The summed E-state index contributed by atoms with van der Waals surface area (Å²) in [6.07, 6.45) is 7.17. The number of carbonyl (C=O) groups is 2. The summed E-state index contributed by atoms with van der Waals surface area (Å²) in [6, 6.07) is 0. The van der Waals surface area contributed by atoms with E-state index < -0.39 is 5.41 Å². The third-order valence-electron chi connectivity index (χ3n) is 5.05. The van der Waals surface area contributed by atoms with Crippen LogP contribution in [0.1, 0.15) is 36.1 Å². The summed E-state index contributed by atoms with van der Waals surface area (Å²) >= 11 is 1.71. The number of thiophene rings is 1. The van der Waals surface area contributed by atoms with Gasteiger partial charge in [0, 0.05) is 19.0 Å². The van der Waals surface area contributed by atoms with Gasteiger partial charge in [-0.3, -0.25) is 20.4 Å². The molecule has 0 aromatic carbocycles. The van der Waals surface area contributed by atoms with E-state index >= 15 is 0 Å². The fraction of sp³-hybridized carbons (Fsp3) is 0.529. The molecule has 0 saturated heterocycles. The smallest absolute Gasteiger partial charge is 0.254 e. The number of nitrogens with zero attached hydrogens (tertiary/aromatic N) is 3. The summed E-state index contributed by atoms with van der Waals surface area (Å²) in [4.78, 5) is 37.3. The van der Waals surface area contributed by atoms with Gasteiger partial charge in [0.15, 0.2) is 5.82 Å². The maximum Gasteiger partial charge on any atom is 0.254 e. The van der Waals surface area contributed by atoms with Crippen molar-refractivity contribution in [3.63, 3.8) is 0 Å². The van der Waals surface area contributed by atoms with Crippen molar-refractivity contribution in [2.24, 2.45) is 5.41 Å². The van der Waals surface area contributed by atoms with Crippen LogP contribution in [0.15, 0.2) is 6.33 Å². The van der Waals surface area contributed by atoms with Crippen molar-refractivity contribution in [2.45, 2.75) is 38.5 Å². The Kier molecular flexibility index (Phi) is 3.87. The molecule has 0 atom stereocenters. The van der Waals surface area contributed by atoms with Crippen molar-refractivity contribution in [1.29, 1.82) is 0 Å². The zero-order valence-electron chi connectivity index (χ0n) is 14.4. The number of aryl methyl sites for hydroxylation is 2. The number of fused-ring (bicyclic) bond motifs is 3. The highest BCUT2D eigenvalue weighted by atomic mass is 32.1. The molecular formula is C17H21N5O2S. The van der Waals surface area contributed by atoms with Crippen LogP contribution in [0.25, 0.3) is 10.2 Å². The van der Waals surface area contributed by atoms with Gasteiger partial charge in [0.2, 0.25) is 5.91 Å².